The van der Waals surface area contributed by atoms with Crippen molar-refractivity contribution >= 4 is 34.9 Å². The number of nitrogens with one attached hydrogen (secondary N) is 3. The summed E-state index contributed by atoms with van der Waals surface area (Å²) in [5, 5.41) is 9.36. The molecule has 0 saturated carbocycles. The number of pyridine rings is 1. The van der Waals surface area contributed by atoms with Gasteiger partial charge in [-0.05, 0) is 68.6 Å². The van der Waals surface area contributed by atoms with Crippen molar-refractivity contribution in [2.75, 3.05) is 48.8 Å². The number of benzene rings is 1. The van der Waals surface area contributed by atoms with E-state index < -0.39 is 0 Å². The fraction of sp³-hybridized carbons (Fsp3) is 0.379. The van der Waals surface area contributed by atoms with Crippen molar-refractivity contribution in [1.82, 2.24) is 25.2 Å². The molecule has 2 aliphatic rings. The van der Waals surface area contributed by atoms with Crippen LogP contribution in [0.4, 0.5) is 29.0 Å². The molecule has 1 aliphatic heterocycles. The topological polar surface area (TPSA) is 98.3 Å². The Balaban J connectivity index is 1.37. The number of amides is 1. The molecule has 9 heteroatoms. The van der Waals surface area contributed by atoms with Crippen molar-refractivity contribution in [3.05, 3.63) is 72.1 Å². The molecule has 5 rings (SSSR count). The SMILES string of the molecule is C=CCNC(=O)c1cnc(Nc2ccc(N3CCN(C)CC3C)cc2)nc1Nc1ccc2c(n1)C(C)CC2. The van der Waals surface area contributed by atoms with Crippen molar-refractivity contribution in [2.24, 2.45) is 0 Å². The molecule has 198 valence electrons. The van der Waals surface area contributed by atoms with Crippen LogP contribution in [0.15, 0.2) is 55.3 Å². The van der Waals surface area contributed by atoms with Crippen molar-refractivity contribution in [2.45, 2.75) is 38.6 Å². The molecule has 1 fully saturated rings. The number of anilines is 5. The van der Waals surface area contributed by atoms with Crippen LogP contribution in [0, 0.1) is 0 Å². The fourth-order valence-electron chi connectivity index (χ4n) is 5.19. The maximum Gasteiger partial charge on any atom is 0.256 e. The Labute approximate surface area is 224 Å². The summed E-state index contributed by atoms with van der Waals surface area (Å²) in [6.45, 7) is 11.6. The van der Waals surface area contributed by atoms with Gasteiger partial charge < -0.3 is 25.8 Å². The highest BCUT2D eigenvalue weighted by molar-refractivity contribution is 5.99. The predicted molar refractivity (Wildman–Crippen MR) is 153 cm³/mol. The zero-order valence-electron chi connectivity index (χ0n) is 22.4. The molecule has 2 atom stereocenters. The molecule has 1 saturated heterocycles. The molecular formula is C29H36N8O. The number of carbonyl (C=O) groups excluding carboxylic acids is 1. The third kappa shape index (κ3) is 5.62. The molecule has 38 heavy (non-hydrogen) atoms. The van der Waals surface area contributed by atoms with Gasteiger partial charge in [-0.25, -0.2) is 9.97 Å². The molecule has 3 heterocycles. The number of hydrogen-bond acceptors (Lipinski definition) is 8. The summed E-state index contributed by atoms with van der Waals surface area (Å²) in [4.78, 5) is 31.5. The van der Waals surface area contributed by atoms with Gasteiger partial charge in [0.25, 0.3) is 5.91 Å². The van der Waals surface area contributed by atoms with E-state index in [0.717, 1.165) is 43.9 Å². The lowest BCUT2D eigenvalue weighted by Gasteiger charge is -2.39. The first-order valence-electron chi connectivity index (χ1n) is 13.3. The number of carbonyl (C=O) groups is 1. The number of nitrogens with zero attached hydrogens (tertiary/aromatic N) is 5. The molecule has 0 spiro atoms. The van der Waals surface area contributed by atoms with E-state index in [-0.39, 0.29) is 5.91 Å². The summed E-state index contributed by atoms with van der Waals surface area (Å²) >= 11 is 0. The van der Waals surface area contributed by atoms with E-state index in [0.29, 0.717) is 41.7 Å². The molecule has 1 aliphatic carbocycles. The van der Waals surface area contributed by atoms with E-state index in [1.165, 1.54) is 17.4 Å². The van der Waals surface area contributed by atoms with Crippen LogP contribution in [-0.2, 0) is 6.42 Å². The summed E-state index contributed by atoms with van der Waals surface area (Å²) in [6.07, 6.45) is 5.33. The van der Waals surface area contributed by atoms with Gasteiger partial charge in [-0.2, -0.15) is 4.98 Å². The number of aryl methyl sites for hydroxylation is 1. The zero-order valence-corrected chi connectivity index (χ0v) is 22.4. The van der Waals surface area contributed by atoms with Crippen LogP contribution in [-0.4, -0.2) is 65.0 Å². The number of piperazine rings is 1. The van der Waals surface area contributed by atoms with E-state index in [4.69, 9.17) is 4.98 Å². The van der Waals surface area contributed by atoms with Gasteiger partial charge in [-0.1, -0.05) is 19.1 Å². The number of aromatic nitrogens is 3. The number of fused-ring (bicyclic) bond motifs is 1. The molecule has 3 aromatic rings. The number of likely N-dealkylation sites (N-methyl/N-ethyl adjacent to an activating group) is 1. The quantitative estimate of drug-likeness (QED) is 0.381. The average molecular weight is 513 g/mol. The van der Waals surface area contributed by atoms with Gasteiger partial charge in [0.1, 0.15) is 17.2 Å². The molecular weight excluding hydrogens is 476 g/mol. The highest BCUT2D eigenvalue weighted by atomic mass is 16.1. The lowest BCUT2D eigenvalue weighted by Crippen LogP contribution is -2.50. The minimum atomic E-state index is -0.279. The van der Waals surface area contributed by atoms with Gasteiger partial charge in [0, 0.05) is 55.5 Å². The van der Waals surface area contributed by atoms with Crippen molar-refractivity contribution < 1.29 is 4.79 Å². The van der Waals surface area contributed by atoms with Crippen LogP contribution in [0.3, 0.4) is 0 Å². The standard InChI is InChI=1S/C29H36N8O/c1-5-14-30-28(38)24-17-31-29(35-27(24)34-25-13-8-21-7-6-19(2)26(21)33-25)32-22-9-11-23(12-10-22)37-16-15-36(4)18-20(37)3/h5,8-13,17,19-20H,1,6-7,14-16,18H2,2-4H3,(H,30,38)(H2,31,32,33,34,35). The van der Waals surface area contributed by atoms with Crippen LogP contribution in [0.5, 0.6) is 0 Å². The molecule has 1 aromatic carbocycles. The third-order valence-electron chi connectivity index (χ3n) is 7.30. The van der Waals surface area contributed by atoms with Gasteiger partial charge in [-0.3, -0.25) is 4.79 Å². The van der Waals surface area contributed by atoms with Crippen LogP contribution < -0.4 is 20.9 Å². The summed E-state index contributed by atoms with van der Waals surface area (Å²) in [5.74, 6) is 1.58. The maximum atomic E-state index is 12.8. The first kappa shape index (κ1) is 25.7. The second kappa shape index (κ2) is 11.2. The molecule has 9 nitrogen and oxygen atoms in total. The lowest BCUT2D eigenvalue weighted by molar-refractivity contribution is 0.0958. The Bertz CT molecular complexity index is 1310. The minimum absolute atomic E-state index is 0.279. The van der Waals surface area contributed by atoms with E-state index in [1.54, 1.807) is 6.08 Å². The monoisotopic (exact) mass is 512 g/mol. The molecule has 1 amide bonds. The molecule has 2 aromatic heterocycles. The first-order chi connectivity index (χ1) is 18.4. The molecule has 2 unspecified atom stereocenters. The largest absolute Gasteiger partial charge is 0.366 e. The molecule has 3 N–H and O–H groups in total. The van der Waals surface area contributed by atoms with Crippen molar-refractivity contribution in [1.29, 1.82) is 0 Å². The van der Waals surface area contributed by atoms with E-state index in [9.17, 15) is 4.79 Å². The van der Waals surface area contributed by atoms with Crippen LogP contribution in [0.1, 0.15) is 47.8 Å². The maximum absolute atomic E-state index is 12.8. The van der Waals surface area contributed by atoms with Crippen molar-refractivity contribution in [3.8, 4) is 0 Å². The number of hydrogen-bond donors (Lipinski definition) is 3. The Morgan fingerprint density at radius 3 is 2.68 bits per heavy atom. The van der Waals surface area contributed by atoms with E-state index in [1.807, 2.05) is 18.2 Å². The van der Waals surface area contributed by atoms with Crippen LogP contribution >= 0.6 is 0 Å². The van der Waals surface area contributed by atoms with Gasteiger partial charge in [0.2, 0.25) is 5.95 Å². The van der Waals surface area contributed by atoms with Gasteiger partial charge >= 0.3 is 0 Å². The molecule has 0 bridgehead atoms. The summed E-state index contributed by atoms with van der Waals surface area (Å²) in [5.41, 5.74) is 4.80. The Hall–Kier alpha value is -3.98. The van der Waals surface area contributed by atoms with Gasteiger partial charge in [0.15, 0.2) is 0 Å². The normalized spacial score (nSPS) is 19.1. The second-order valence-electron chi connectivity index (χ2n) is 10.2. The van der Waals surface area contributed by atoms with Crippen molar-refractivity contribution in [3.63, 3.8) is 0 Å². The first-order valence-corrected chi connectivity index (χ1v) is 13.3. The minimum Gasteiger partial charge on any atom is -0.366 e. The number of rotatable bonds is 8. The van der Waals surface area contributed by atoms with Gasteiger partial charge in [-0.15, -0.1) is 6.58 Å². The van der Waals surface area contributed by atoms with Gasteiger partial charge in [0.05, 0.1) is 0 Å². The Kier molecular flexibility index (Phi) is 7.55. The third-order valence-corrected chi connectivity index (χ3v) is 7.30. The molecule has 0 radical (unpaired) electrons. The smallest absolute Gasteiger partial charge is 0.256 e. The van der Waals surface area contributed by atoms with E-state index >= 15 is 0 Å². The van der Waals surface area contributed by atoms with E-state index in [2.05, 4.69) is 81.4 Å². The second-order valence-corrected chi connectivity index (χ2v) is 10.2. The Morgan fingerprint density at radius 2 is 1.92 bits per heavy atom. The summed E-state index contributed by atoms with van der Waals surface area (Å²) in [6, 6.07) is 12.8. The highest BCUT2D eigenvalue weighted by Gasteiger charge is 2.23. The highest BCUT2D eigenvalue weighted by Crippen LogP contribution is 2.32. The lowest BCUT2D eigenvalue weighted by atomic mass is 10.1. The zero-order chi connectivity index (χ0) is 26.6. The average Bonchev–Trinajstić information content (AvgIpc) is 3.28. The summed E-state index contributed by atoms with van der Waals surface area (Å²) < 4.78 is 0. The summed E-state index contributed by atoms with van der Waals surface area (Å²) in [7, 11) is 2.17. The predicted octanol–water partition coefficient (Wildman–Crippen LogP) is 4.46. The van der Waals surface area contributed by atoms with Crippen LogP contribution in [0.2, 0.25) is 0 Å². The van der Waals surface area contributed by atoms with Crippen LogP contribution in [0.25, 0.3) is 0 Å². The Morgan fingerprint density at radius 1 is 1.11 bits per heavy atom. The fourth-order valence-corrected chi connectivity index (χ4v) is 5.19.